The van der Waals surface area contributed by atoms with Gasteiger partial charge in [-0.15, -0.1) is 0 Å². The summed E-state index contributed by atoms with van der Waals surface area (Å²) >= 11 is 0. The van der Waals surface area contributed by atoms with Crippen LogP contribution in [0.15, 0.2) is 18.2 Å². The zero-order valence-corrected chi connectivity index (χ0v) is 18.6. The smallest absolute Gasteiger partial charge is 0.213 e. The third-order valence-corrected chi connectivity index (χ3v) is 8.41. The quantitative estimate of drug-likeness (QED) is 0.713. The van der Waals surface area contributed by atoms with Gasteiger partial charge in [0.25, 0.3) is 0 Å². The number of anilines is 1. The largest absolute Gasteiger partial charge is 0.481 e. The molecule has 2 saturated heterocycles. The van der Waals surface area contributed by atoms with Gasteiger partial charge in [-0.25, -0.2) is 23.4 Å². The Morgan fingerprint density at radius 1 is 1.23 bits per heavy atom. The molecule has 0 radical (unpaired) electrons. The van der Waals surface area contributed by atoms with Crippen LogP contribution in [0.3, 0.4) is 0 Å². The summed E-state index contributed by atoms with van der Waals surface area (Å²) in [6, 6.07) is 3.83. The highest BCUT2D eigenvalue weighted by atomic mass is 32.2. The van der Waals surface area contributed by atoms with Crippen molar-refractivity contribution in [2.24, 2.45) is 0 Å². The number of nitrogens with zero attached hydrogens (tertiary/aromatic N) is 4. The van der Waals surface area contributed by atoms with Crippen molar-refractivity contribution in [3.63, 3.8) is 0 Å². The van der Waals surface area contributed by atoms with Crippen molar-refractivity contribution in [3.05, 3.63) is 35.2 Å². The first-order valence-corrected chi connectivity index (χ1v) is 12.4. The molecule has 0 amide bonds. The monoisotopic (exact) mass is 442 g/mol. The molecule has 3 aliphatic rings. The van der Waals surface area contributed by atoms with E-state index in [0.717, 1.165) is 29.1 Å². The van der Waals surface area contributed by atoms with Crippen LogP contribution in [0.2, 0.25) is 0 Å². The van der Waals surface area contributed by atoms with Crippen LogP contribution in [0.5, 0.6) is 5.88 Å². The van der Waals surface area contributed by atoms with E-state index in [4.69, 9.17) is 19.4 Å². The number of ether oxygens (including phenoxy) is 2. The molecule has 164 valence electrons. The van der Waals surface area contributed by atoms with Gasteiger partial charge in [0.15, 0.2) is 15.7 Å². The van der Waals surface area contributed by atoms with Crippen molar-refractivity contribution < 1.29 is 17.9 Å². The van der Waals surface area contributed by atoms with E-state index in [9.17, 15) is 8.42 Å². The van der Waals surface area contributed by atoms with Crippen molar-refractivity contribution >= 4 is 21.7 Å². The molecule has 2 fully saturated rings. The second-order valence-corrected chi connectivity index (χ2v) is 10.6. The molecule has 5 rings (SSSR count). The molecule has 4 heterocycles. The summed E-state index contributed by atoms with van der Waals surface area (Å²) in [6.45, 7) is 4.01. The van der Waals surface area contributed by atoms with Crippen molar-refractivity contribution in [1.82, 2.24) is 15.0 Å². The number of hydrogen-bond acceptors (Lipinski definition) is 8. The minimum Gasteiger partial charge on any atom is -0.481 e. The lowest BCUT2D eigenvalue weighted by Crippen LogP contribution is -2.44. The Balaban J connectivity index is 1.69. The summed E-state index contributed by atoms with van der Waals surface area (Å²) in [5.41, 5.74) is 3.27. The minimum atomic E-state index is -3.21. The summed E-state index contributed by atoms with van der Waals surface area (Å²) in [5.74, 6) is 1.96. The zero-order chi connectivity index (χ0) is 21.6. The summed E-state index contributed by atoms with van der Waals surface area (Å²) in [5, 5.41) is -0.586. The van der Waals surface area contributed by atoms with Crippen LogP contribution in [0.4, 0.5) is 5.82 Å². The van der Waals surface area contributed by atoms with E-state index in [1.165, 1.54) is 0 Å². The van der Waals surface area contributed by atoms with Crippen molar-refractivity contribution in [2.75, 3.05) is 37.5 Å². The maximum absolute atomic E-state index is 12.7. The molecule has 9 heteroatoms. The number of sulfone groups is 1. The standard InChI is InChI=1S/C22H26N4O4S/c1-14-13-30-9-8-26(14)20-12-18(19-7-4-10-31(19,27)28)24-22(25-20)16-11-21(29-2)23-17-6-3-5-15(16)17/h3,5,11-12,14,19H,4,6-10,13H2,1-2H3/t14-,19-/m1/s1. The zero-order valence-electron chi connectivity index (χ0n) is 17.7. The Kier molecular flexibility index (Phi) is 5.18. The van der Waals surface area contributed by atoms with E-state index >= 15 is 0 Å². The number of allylic oxidation sites excluding steroid dienone is 1. The lowest BCUT2D eigenvalue weighted by molar-refractivity contribution is 0.0985. The Bertz CT molecular complexity index is 1150. The lowest BCUT2D eigenvalue weighted by atomic mass is 10.1. The van der Waals surface area contributed by atoms with Crippen LogP contribution in [-0.4, -0.2) is 62.0 Å². The Hall–Kier alpha value is -2.52. The number of fused-ring (bicyclic) bond motifs is 1. The maximum atomic E-state index is 12.7. The van der Waals surface area contributed by atoms with E-state index in [2.05, 4.69) is 22.9 Å². The minimum absolute atomic E-state index is 0.141. The molecule has 0 unspecified atom stereocenters. The fourth-order valence-corrected chi connectivity index (χ4v) is 6.45. The number of aromatic nitrogens is 3. The Morgan fingerprint density at radius 3 is 2.84 bits per heavy atom. The van der Waals surface area contributed by atoms with Gasteiger partial charge < -0.3 is 14.4 Å². The highest BCUT2D eigenvalue weighted by Crippen LogP contribution is 2.38. The van der Waals surface area contributed by atoms with Crippen LogP contribution in [0, 0.1) is 0 Å². The van der Waals surface area contributed by atoms with Gasteiger partial charge in [0, 0.05) is 36.2 Å². The summed E-state index contributed by atoms with van der Waals surface area (Å²) in [4.78, 5) is 16.4. The normalized spacial score (nSPS) is 24.4. The highest BCUT2D eigenvalue weighted by molar-refractivity contribution is 7.91. The van der Waals surface area contributed by atoms with Gasteiger partial charge in [-0.3, -0.25) is 0 Å². The fourth-order valence-electron chi connectivity index (χ4n) is 4.58. The van der Waals surface area contributed by atoms with E-state index in [-0.39, 0.29) is 11.8 Å². The molecule has 2 aliphatic heterocycles. The predicted octanol–water partition coefficient (Wildman–Crippen LogP) is 2.59. The second-order valence-electron chi connectivity index (χ2n) is 8.27. The lowest BCUT2D eigenvalue weighted by Gasteiger charge is -2.34. The number of pyridine rings is 1. The molecule has 0 spiro atoms. The van der Waals surface area contributed by atoms with Gasteiger partial charge in [-0.05, 0) is 19.8 Å². The van der Waals surface area contributed by atoms with Crippen LogP contribution in [-0.2, 0) is 21.0 Å². The number of methoxy groups -OCH3 is 1. The predicted molar refractivity (Wildman–Crippen MR) is 118 cm³/mol. The summed E-state index contributed by atoms with van der Waals surface area (Å²) in [7, 11) is -1.62. The molecule has 2 aromatic rings. The molecule has 0 saturated carbocycles. The first kappa shape index (κ1) is 20.4. The van der Waals surface area contributed by atoms with Crippen LogP contribution < -0.4 is 9.64 Å². The highest BCUT2D eigenvalue weighted by Gasteiger charge is 2.35. The summed E-state index contributed by atoms with van der Waals surface area (Å²) in [6.07, 6.45) is 6.06. The topological polar surface area (TPSA) is 94.5 Å². The van der Waals surface area contributed by atoms with Crippen molar-refractivity contribution in [1.29, 1.82) is 0 Å². The van der Waals surface area contributed by atoms with Gasteiger partial charge in [0.1, 0.15) is 11.1 Å². The molecule has 2 atom stereocenters. The molecule has 31 heavy (non-hydrogen) atoms. The first-order valence-electron chi connectivity index (χ1n) is 10.7. The van der Waals surface area contributed by atoms with Gasteiger partial charge in [0.05, 0.1) is 43.5 Å². The molecule has 0 aromatic carbocycles. The van der Waals surface area contributed by atoms with E-state index in [1.54, 1.807) is 7.11 Å². The van der Waals surface area contributed by atoms with Crippen LogP contribution >= 0.6 is 0 Å². The third kappa shape index (κ3) is 3.70. The molecular formula is C22H26N4O4S. The molecule has 0 bridgehead atoms. The van der Waals surface area contributed by atoms with Gasteiger partial charge in [-0.1, -0.05) is 12.2 Å². The molecular weight excluding hydrogens is 416 g/mol. The summed E-state index contributed by atoms with van der Waals surface area (Å²) < 4.78 is 36.4. The number of hydrogen-bond donors (Lipinski definition) is 0. The molecule has 8 nitrogen and oxygen atoms in total. The second kappa shape index (κ2) is 7.87. The fraction of sp³-hybridized carbons (Fsp3) is 0.500. The van der Waals surface area contributed by atoms with Gasteiger partial charge >= 0.3 is 0 Å². The number of rotatable bonds is 4. The van der Waals surface area contributed by atoms with Crippen molar-refractivity contribution in [2.45, 2.75) is 37.5 Å². The maximum Gasteiger partial charge on any atom is 0.213 e. The number of morpholine rings is 1. The molecule has 2 aromatic heterocycles. The first-order chi connectivity index (χ1) is 15.0. The average Bonchev–Trinajstić information content (AvgIpc) is 3.38. The molecule has 1 aliphatic carbocycles. The SMILES string of the molecule is COc1cc(-c2nc([C@H]3CCCS3(=O)=O)cc(N3CCOC[C@H]3C)n2)c2c(n1)CC=C2. The van der Waals surface area contributed by atoms with Crippen LogP contribution in [0.25, 0.3) is 17.5 Å². The van der Waals surface area contributed by atoms with Gasteiger partial charge in [-0.2, -0.15) is 0 Å². The van der Waals surface area contributed by atoms with Crippen molar-refractivity contribution in [3.8, 4) is 17.3 Å². The van der Waals surface area contributed by atoms with Gasteiger partial charge in [0.2, 0.25) is 5.88 Å². The van der Waals surface area contributed by atoms with Crippen LogP contribution in [0.1, 0.15) is 42.0 Å². The third-order valence-electron chi connectivity index (χ3n) is 6.21. The van der Waals surface area contributed by atoms with E-state index < -0.39 is 15.1 Å². The van der Waals surface area contributed by atoms with E-state index in [1.807, 2.05) is 18.2 Å². The Labute approximate surface area is 182 Å². The average molecular weight is 443 g/mol. The Morgan fingerprint density at radius 2 is 2.10 bits per heavy atom. The molecule has 0 N–H and O–H groups in total. The van der Waals surface area contributed by atoms with E-state index in [0.29, 0.717) is 50.0 Å².